The number of carbonyl (C=O) groups excluding carboxylic acids is 2. The predicted octanol–water partition coefficient (Wildman–Crippen LogP) is 1.97. The Morgan fingerprint density at radius 3 is 2.65 bits per heavy atom. The second-order valence-electron chi connectivity index (χ2n) is 5.23. The molecule has 1 rings (SSSR count). The van der Waals surface area contributed by atoms with Crippen LogP contribution in [0.1, 0.15) is 27.2 Å². The van der Waals surface area contributed by atoms with Crippen molar-refractivity contribution in [2.45, 2.75) is 27.2 Å². The number of esters is 2. The van der Waals surface area contributed by atoms with Crippen molar-refractivity contribution in [2.75, 3.05) is 18.7 Å². The van der Waals surface area contributed by atoms with Crippen LogP contribution >= 0.6 is 0 Å². The van der Waals surface area contributed by atoms with Crippen LogP contribution in [0, 0.1) is 5.41 Å². The lowest BCUT2D eigenvalue weighted by Crippen LogP contribution is -2.25. The largest absolute Gasteiger partial charge is 0.428 e. The number of hydrogen-bond acceptors (Lipinski definition) is 6. The molecule has 0 bridgehead atoms. The number of hydrogen-bond donors (Lipinski definition) is 1. The van der Waals surface area contributed by atoms with Crippen molar-refractivity contribution in [1.82, 2.24) is 4.98 Å². The molecule has 1 aromatic rings. The van der Waals surface area contributed by atoms with Gasteiger partial charge in [0.25, 0.3) is 0 Å². The van der Waals surface area contributed by atoms with E-state index in [1.807, 2.05) is 6.07 Å². The lowest BCUT2D eigenvalue weighted by Gasteiger charge is -2.16. The van der Waals surface area contributed by atoms with Gasteiger partial charge in [0, 0.05) is 18.9 Å². The van der Waals surface area contributed by atoms with Crippen molar-refractivity contribution >= 4 is 17.6 Å². The number of pyridine rings is 1. The van der Waals surface area contributed by atoms with Crippen LogP contribution in [0.25, 0.3) is 0 Å². The molecule has 0 unspecified atom stereocenters. The zero-order valence-electron chi connectivity index (χ0n) is 12.0. The normalized spacial score (nSPS) is 10.8. The Hall–Kier alpha value is -2.11. The second-order valence-corrected chi connectivity index (χ2v) is 5.23. The Balaban J connectivity index is 2.14. The summed E-state index contributed by atoms with van der Waals surface area (Å²) in [4.78, 5) is 26.7. The van der Waals surface area contributed by atoms with Crippen LogP contribution in [0.4, 0.5) is 5.69 Å². The molecule has 1 N–H and O–H groups in total. The van der Waals surface area contributed by atoms with Crippen LogP contribution in [0.15, 0.2) is 24.5 Å². The highest BCUT2D eigenvalue weighted by molar-refractivity contribution is 5.75. The summed E-state index contributed by atoms with van der Waals surface area (Å²) in [7, 11) is 0. The molecular formula is C14H20N2O4. The Morgan fingerprint density at radius 1 is 1.30 bits per heavy atom. The summed E-state index contributed by atoms with van der Waals surface area (Å²) in [5, 5.41) is 3.03. The Morgan fingerprint density at radius 2 is 2.05 bits per heavy atom. The van der Waals surface area contributed by atoms with Gasteiger partial charge < -0.3 is 14.8 Å². The van der Waals surface area contributed by atoms with E-state index >= 15 is 0 Å². The van der Waals surface area contributed by atoms with E-state index in [0.29, 0.717) is 6.54 Å². The fourth-order valence-electron chi connectivity index (χ4n) is 1.21. The van der Waals surface area contributed by atoms with Crippen molar-refractivity contribution < 1.29 is 19.1 Å². The van der Waals surface area contributed by atoms with Gasteiger partial charge in [0.15, 0.2) is 0 Å². The third-order valence-corrected chi connectivity index (χ3v) is 2.34. The van der Waals surface area contributed by atoms with Crippen LogP contribution < -0.4 is 5.32 Å². The average Bonchev–Trinajstić information content (AvgIpc) is 2.38. The van der Waals surface area contributed by atoms with E-state index in [2.05, 4.69) is 10.3 Å². The van der Waals surface area contributed by atoms with Gasteiger partial charge in [0.1, 0.15) is 0 Å². The van der Waals surface area contributed by atoms with Gasteiger partial charge in [-0.25, -0.2) is 0 Å². The maximum absolute atomic E-state index is 11.4. The van der Waals surface area contributed by atoms with Crippen molar-refractivity contribution in [3.63, 3.8) is 0 Å². The number of ether oxygens (including phenoxy) is 2. The van der Waals surface area contributed by atoms with Crippen molar-refractivity contribution in [3.05, 3.63) is 24.5 Å². The van der Waals surface area contributed by atoms with E-state index in [1.165, 1.54) is 0 Å². The molecule has 0 saturated carbocycles. The highest BCUT2D eigenvalue weighted by atomic mass is 16.7. The molecule has 0 radical (unpaired) electrons. The molecule has 0 fully saturated rings. The minimum atomic E-state index is -0.603. The number of carbonyl (C=O) groups is 2. The quantitative estimate of drug-likeness (QED) is 0.634. The molecule has 0 aliphatic heterocycles. The first-order chi connectivity index (χ1) is 9.39. The topological polar surface area (TPSA) is 77.5 Å². The van der Waals surface area contributed by atoms with Crippen LogP contribution in [-0.2, 0) is 19.1 Å². The van der Waals surface area contributed by atoms with Gasteiger partial charge in [-0.3, -0.25) is 14.6 Å². The van der Waals surface area contributed by atoms with E-state index in [-0.39, 0.29) is 13.2 Å². The van der Waals surface area contributed by atoms with E-state index in [1.54, 1.807) is 39.2 Å². The molecule has 0 saturated heterocycles. The molecular weight excluding hydrogens is 260 g/mol. The summed E-state index contributed by atoms with van der Waals surface area (Å²) in [6, 6.07) is 3.65. The predicted molar refractivity (Wildman–Crippen MR) is 73.8 cm³/mol. The van der Waals surface area contributed by atoms with E-state index in [0.717, 1.165) is 5.69 Å². The highest BCUT2D eigenvalue weighted by Gasteiger charge is 2.23. The van der Waals surface area contributed by atoms with Gasteiger partial charge in [-0.15, -0.1) is 0 Å². The van der Waals surface area contributed by atoms with Gasteiger partial charge in [0.05, 0.1) is 17.5 Å². The number of anilines is 1. The van der Waals surface area contributed by atoms with Crippen LogP contribution in [0.3, 0.4) is 0 Å². The minimum absolute atomic E-state index is 0.183. The SMILES string of the molecule is CC(C)(C)C(=O)OCOC(=O)CCNc1cccnc1. The third-order valence-electron chi connectivity index (χ3n) is 2.34. The Bertz CT molecular complexity index is 440. The zero-order chi connectivity index (χ0) is 15.0. The monoisotopic (exact) mass is 280 g/mol. The molecule has 110 valence electrons. The van der Waals surface area contributed by atoms with Crippen molar-refractivity contribution in [1.29, 1.82) is 0 Å². The Labute approximate surface area is 118 Å². The number of rotatable bonds is 6. The minimum Gasteiger partial charge on any atom is -0.428 e. The van der Waals surface area contributed by atoms with E-state index < -0.39 is 17.4 Å². The fraction of sp³-hybridized carbons (Fsp3) is 0.500. The standard InChI is InChI=1S/C14H20N2O4/c1-14(2,3)13(18)20-10-19-12(17)6-8-16-11-5-4-7-15-9-11/h4-5,7,9,16H,6,8,10H2,1-3H3. The molecule has 0 aliphatic carbocycles. The van der Waals surface area contributed by atoms with Crippen LogP contribution in [-0.4, -0.2) is 30.3 Å². The molecule has 20 heavy (non-hydrogen) atoms. The van der Waals surface area contributed by atoms with Crippen LogP contribution in [0.5, 0.6) is 0 Å². The van der Waals surface area contributed by atoms with Gasteiger partial charge in [0.2, 0.25) is 6.79 Å². The van der Waals surface area contributed by atoms with E-state index in [4.69, 9.17) is 9.47 Å². The van der Waals surface area contributed by atoms with Gasteiger partial charge >= 0.3 is 11.9 Å². The van der Waals surface area contributed by atoms with Gasteiger partial charge in [-0.2, -0.15) is 0 Å². The molecule has 0 aliphatic rings. The highest BCUT2D eigenvalue weighted by Crippen LogP contribution is 2.14. The Kier molecular flexibility index (Phi) is 5.96. The smallest absolute Gasteiger partial charge is 0.314 e. The first-order valence-corrected chi connectivity index (χ1v) is 6.36. The van der Waals surface area contributed by atoms with Crippen molar-refractivity contribution in [2.24, 2.45) is 5.41 Å². The number of nitrogens with one attached hydrogen (secondary N) is 1. The first kappa shape index (κ1) is 15.9. The lowest BCUT2D eigenvalue weighted by atomic mass is 9.98. The molecule has 0 atom stereocenters. The molecule has 0 aromatic carbocycles. The first-order valence-electron chi connectivity index (χ1n) is 6.36. The summed E-state index contributed by atoms with van der Waals surface area (Å²) in [5.41, 5.74) is 0.230. The fourth-order valence-corrected chi connectivity index (χ4v) is 1.21. The maximum atomic E-state index is 11.4. The molecule has 6 heteroatoms. The summed E-state index contributed by atoms with van der Waals surface area (Å²) >= 11 is 0. The molecule has 1 aromatic heterocycles. The third kappa shape index (κ3) is 6.17. The average molecular weight is 280 g/mol. The summed E-state index contributed by atoms with van der Waals surface area (Å²) in [6.45, 7) is 5.28. The lowest BCUT2D eigenvalue weighted by molar-refractivity contribution is -0.172. The van der Waals surface area contributed by atoms with Gasteiger partial charge in [-0.05, 0) is 32.9 Å². The summed E-state index contributed by atoms with van der Waals surface area (Å²) in [5.74, 6) is -0.832. The molecule has 0 spiro atoms. The maximum Gasteiger partial charge on any atom is 0.314 e. The molecule has 0 amide bonds. The number of aromatic nitrogens is 1. The summed E-state index contributed by atoms with van der Waals surface area (Å²) in [6.07, 6.45) is 3.52. The molecule has 1 heterocycles. The van der Waals surface area contributed by atoms with E-state index in [9.17, 15) is 9.59 Å². The molecule has 6 nitrogen and oxygen atoms in total. The van der Waals surface area contributed by atoms with Crippen LogP contribution in [0.2, 0.25) is 0 Å². The van der Waals surface area contributed by atoms with Crippen molar-refractivity contribution in [3.8, 4) is 0 Å². The summed E-state index contributed by atoms with van der Waals surface area (Å²) < 4.78 is 9.64. The second kappa shape index (κ2) is 7.47. The zero-order valence-corrected chi connectivity index (χ0v) is 12.0. The van der Waals surface area contributed by atoms with Gasteiger partial charge in [-0.1, -0.05) is 0 Å². The number of nitrogens with zero attached hydrogens (tertiary/aromatic N) is 1.